The number of nitrogens with zero attached hydrogens (tertiary/aromatic N) is 1. The number of amides is 1. The maximum absolute atomic E-state index is 14.2. The summed E-state index contributed by atoms with van der Waals surface area (Å²) in [5.74, 6) is -14.9. The van der Waals surface area contributed by atoms with E-state index in [0.29, 0.717) is 12.0 Å². The van der Waals surface area contributed by atoms with Crippen LogP contribution in [0.25, 0.3) is 10.9 Å². The summed E-state index contributed by atoms with van der Waals surface area (Å²) in [4.78, 5) is 25.6. The lowest BCUT2D eigenvalue weighted by Gasteiger charge is -2.18. The Balaban J connectivity index is 1.78. The van der Waals surface area contributed by atoms with Gasteiger partial charge in [0.15, 0.2) is 0 Å². The number of benzene rings is 2. The van der Waals surface area contributed by atoms with Gasteiger partial charge in [0.2, 0.25) is 40.7 Å². The largest absolute Gasteiger partial charge is 0.418 e. The van der Waals surface area contributed by atoms with Crippen molar-refractivity contribution in [3.63, 3.8) is 0 Å². The molecule has 3 aromatic rings. The van der Waals surface area contributed by atoms with Crippen molar-refractivity contribution in [1.82, 2.24) is 9.88 Å². The molecule has 0 aliphatic heterocycles. The first-order valence-electron chi connectivity index (χ1n) is 12.7. The summed E-state index contributed by atoms with van der Waals surface area (Å²) in [5, 5.41) is 3.29. The minimum absolute atomic E-state index is 0.107. The number of para-hydroxylation sites is 1. The van der Waals surface area contributed by atoms with E-state index in [4.69, 9.17) is 0 Å². The van der Waals surface area contributed by atoms with Gasteiger partial charge in [-0.2, -0.15) is 8.78 Å². The molecule has 5 nitrogen and oxygen atoms in total. The number of esters is 1. The Morgan fingerprint density at radius 2 is 1.45 bits per heavy atom. The molecule has 0 radical (unpaired) electrons. The summed E-state index contributed by atoms with van der Waals surface area (Å²) in [6, 6.07) is 5.82. The SMILES string of the molecule is CCCCCCCCCC(=O)NC(Cc1cn(C)c2ccccc12)C(=O)Oc1c(F)c(F)c(F)c(F)c1F. The van der Waals surface area contributed by atoms with Crippen molar-refractivity contribution in [2.45, 2.75) is 70.8 Å². The van der Waals surface area contributed by atoms with E-state index in [1.807, 2.05) is 12.1 Å². The summed E-state index contributed by atoms with van der Waals surface area (Å²) in [5.41, 5.74) is 1.46. The fourth-order valence-corrected chi connectivity index (χ4v) is 4.36. The van der Waals surface area contributed by atoms with Crippen molar-refractivity contribution in [3.8, 4) is 5.75 Å². The van der Waals surface area contributed by atoms with Crippen LogP contribution in [0.1, 0.15) is 63.9 Å². The van der Waals surface area contributed by atoms with Gasteiger partial charge in [-0.1, -0.05) is 63.6 Å². The topological polar surface area (TPSA) is 60.3 Å². The molecule has 38 heavy (non-hydrogen) atoms. The van der Waals surface area contributed by atoms with E-state index in [2.05, 4.69) is 17.0 Å². The van der Waals surface area contributed by atoms with Gasteiger partial charge in [-0.3, -0.25) is 4.79 Å². The van der Waals surface area contributed by atoms with Gasteiger partial charge in [0, 0.05) is 37.0 Å². The number of halogens is 5. The maximum atomic E-state index is 14.2. The quantitative estimate of drug-likeness (QED) is 0.0662. The highest BCUT2D eigenvalue weighted by Gasteiger charge is 2.32. The van der Waals surface area contributed by atoms with Crippen LogP contribution in [-0.4, -0.2) is 22.5 Å². The maximum Gasteiger partial charge on any atom is 0.334 e. The number of fused-ring (bicyclic) bond motifs is 1. The molecule has 1 amide bonds. The average Bonchev–Trinajstić information content (AvgIpc) is 3.22. The first-order valence-corrected chi connectivity index (χ1v) is 12.7. The van der Waals surface area contributed by atoms with Gasteiger partial charge < -0.3 is 14.6 Å². The van der Waals surface area contributed by atoms with Crippen molar-refractivity contribution < 1.29 is 36.3 Å². The van der Waals surface area contributed by atoms with E-state index in [-0.39, 0.29) is 12.8 Å². The molecule has 1 aromatic heterocycles. The summed E-state index contributed by atoms with van der Waals surface area (Å²) in [7, 11) is 1.78. The van der Waals surface area contributed by atoms with Gasteiger partial charge in [-0.15, -0.1) is 0 Å². The number of nitrogens with one attached hydrogen (secondary N) is 1. The normalized spacial score (nSPS) is 12.1. The second-order valence-corrected chi connectivity index (χ2v) is 9.30. The highest BCUT2D eigenvalue weighted by atomic mass is 19.2. The Hall–Kier alpha value is -3.43. The van der Waals surface area contributed by atoms with Crippen LogP contribution in [0.4, 0.5) is 22.0 Å². The Labute approximate surface area is 218 Å². The van der Waals surface area contributed by atoms with Gasteiger partial charge in [0.05, 0.1) is 0 Å². The van der Waals surface area contributed by atoms with Crippen LogP contribution >= 0.6 is 0 Å². The van der Waals surface area contributed by atoms with Crippen LogP contribution in [0.15, 0.2) is 30.5 Å². The fraction of sp³-hybridized carbons (Fsp3) is 0.429. The monoisotopic (exact) mass is 538 g/mol. The van der Waals surface area contributed by atoms with Crippen molar-refractivity contribution in [3.05, 3.63) is 65.1 Å². The molecule has 10 heteroatoms. The zero-order valence-corrected chi connectivity index (χ0v) is 21.4. The first kappa shape index (κ1) is 29.1. The summed E-state index contributed by atoms with van der Waals surface area (Å²) < 4.78 is 75.5. The minimum atomic E-state index is -2.37. The van der Waals surface area contributed by atoms with Gasteiger partial charge in [0.25, 0.3) is 0 Å². The third-order valence-electron chi connectivity index (χ3n) is 6.40. The molecular weight excluding hydrogens is 507 g/mol. The molecule has 0 saturated heterocycles. The van der Waals surface area contributed by atoms with Crippen LogP contribution in [0.5, 0.6) is 5.75 Å². The van der Waals surface area contributed by atoms with Crippen LogP contribution in [0, 0.1) is 29.1 Å². The zero-order valence-electron chi connectivity index (χ0n) is 21.4. The van der Waals surface area contributed by atoms with Gasteiger partial charge in [-0.05, 0) is 18.1 Å². The molecule has 2 aromatic carbocycles. The van der Waals surface area contributed by atoms with E-state index < -0.39 is 52.8 Å². The van der Waals surface area contributed by atoms with Crippen molar-refractivity contribution >= 4 is 22.8 Å². The number of aryl methyl sites for hydroxylation is 1. The molecule has 1 atom stereocenters. The molecular formula is C28H31F5N2O3. The Kier molecular flexibility index (Phi) is 10.3. The number of unbranched alkanes of at least 4 members (excludes halogenated alkanes) is 6. The van der Waals surface area contributed by atoms with Crippen LogP contribution in [0.2, 0.25) is 0 Å². The van der Waals surface area contributed by atoms with E-state index in [1.54, 1.807) is 29.9 Å². The molecule has 1 N–H and O–H groups in total. The first-order chi connectivity index (χ1) is 18.1. The number of aromatic nitrogens is 1. The van der Waals surface area contributed by atoms with Crippen molar-refractivity contribution in [1.29, 1.82) is 0 Å². The predicted octanol–water partition coefficient (Wildman–Crippen LogP) is 6.65. The lowest BCUT2D eigenvalue weighted by atomic mass is 10.0. The van der Waals surface area contributed by atoms with E-state index >= 15 is 0 Å². The number of carbonyl (C=O) groups excluding carboxylic acids is 2. The molecule has 0 saturated carbocycles. The summed E-state index contributed by atoms with van der Waals surface area (Å²) >= 11 is 0. The molecule has 0 aliphatic carbocycles. The number of ether oxygens (including phenoxy) is 1. The highest BCUT2D eigenvalue weighted by molar-refractivity contribution is 5.88. The molecule has 0 fully saturated rings. The zero-order chi connectivity index (χ0) is 27.8. The van der Waals surface area contributed by atoms with E-state index in [0.717, 1.165) is 49.4 Å². The standard InChI is InChI=1S/C28H31F5N2O3/c1-3-4-5-6-7-8-9-14-21(36)34-19(15-17-16-35(2)20-13-11-10-12-18(17)20)28(37)38-27-25(32)23(30)22(29)24(31)26(27)33/h10-13,16,19H,3-9,14-15H2,1-2H3,(H,34,36). The molecule has 0 bridgehead atoms. The lowest BCUT2D eigenvalue weighted by Crippen LogP contribution is -2.44. The third kappa shape index (κ3) is 6.90. The molecule has 206 valence electrons. The second-order valence-electron chi connectivity index (χ2n) is 9.30. The van der Waals surface area contributed by atoms with Crippen LogP contribution < -0.4 is 10.1 Å². The number of rotatable bonds is 13. The van der Waals surface area contributed by atoms with E-state index in [1.165, 1.54) is 0 Å². The predicted molar refractivity (Wildman–Crippen MR) is 133 cm³/mol. The smallest absolute Gasteiger partial charge is 0.334 e. The Bertz CT molecular complexity index is 1260. The lowest BCUT2D eigenvalue weighted by molar-refractivity contribution is -0.139. The third-order valence-corrected chi connectivity index (χ3v) is 6.40. The summed E-state index contributed by atoms with van der Waals surface area (Å²) in [6.45, 7) is 2.12. The molecule has 1 unspecified atom stereocenters. The van der Waals surface area contributed by atoms with Gasteiger partial charge in [-0.25, -0.2) is 18.0 Å². The van der Waals surface area contributed by atoms with Crippen LogP contribution in [-0.2, 0) is 23.1 Å². The average molecular weight is 539 g/mol. The summed E-state index contributed by atoms with van der Waals surface area (Å²) in [6.07, 6.45) is 8.54. The van der Waals surface area contributed by atoms with Crippen molar-refractivity contribution in [2.75, 3.05) is 0 Å². The van der Waals surface area contributed by atoms with Crippen molar-refractivity contribution in [2.24, 2.45) is 7.05 Å². The molecule has 1 heterocycles. The highest BCUT2D eigenvalue weighted by Crippen LogP contribution is 2.30. The molecule has 3 rings (SSSR count). The number of carbonyl (C=O) groups is 2. The Morgan fingerprint density at radius 3 is 2.11 bits per heavy atom. The second kappa shape index (κ2) is 13.4. The van der Waals surface area contributed by atoms with Gasteiger partial charge in [0.1, 0.15) is 6.04 Å². The van der Waals surface area contributed by atoms with E-state index in [9.17, 15) is 31.5 Å². The Morgan fingerprint density at radius 1 is 0.868 bits per heavy atom. The molecule has 0 aliphatic rings. The minimum Gasteiger partial charge on any atom is -0.418 e. The number of hydrogen-bond acceptors (Lipinski definition) is 3. The molecule has 0 spiro atoms. The fourth-order valence-electron chi connectivity index (χ4n) is 4.36. The van der Waals surface area contributed by atoms with Gasteiger partial charge >= 0.3 is 5.97 Å². The van der Waals surface area contributed by atoms with Crippen LogP contribution in [0.3, 0.4) is 0 Å². The number of hydrogen-bond donors (Lipinski definition) is 1.